The Hall–Kier alpha value is -2.91. The molecule has 2 aromatic rings. The second kappa shape index (κ2) is 7.49. The first kappa shape index (κ1) is 19.4. The lowest BCUT2D eigenvalue weighted by Gasteiger charge is -2.31. The zero-order chi connectivity index (χ0) is 20.7. The van der Waals surface area contributed by atoms with Crippen molar-refractivity contribution >= 4 is 23.4 Å². The zero-order valence-electron chi connectivity index (χ0n) is 16.4. The number of fused-ring (bicyclic) bond motifs is 1. The number of hydrogen-bond acceptors (Lipinski definition) is 6. The number of amides is 1. The second-order valence-corrected chi connectivity index (χ2v) is 7.45. The van der Waals surface area contributed by atoms with Gasteiger partial charge in [0, 0.05) is 36.8 Å². The van der Waals surface area contributed by atoms with Crippen LogP contribution in [0.25, 0.3) is 0 Å². The van der Waals surface area contributed by atoms with E-state index in [4.69, 9.17) is 15.6 Å². The van der Waals surface area contributed by atoms with E-state index in [-0.39, 0.29) is 11.3 Å². The van der Waals surface area contributed by atoms with Crippen LogP contribution in [0.15, 0.2) is 12.3 Å². The highest BCUT2D eigenvalue weighted by atomic mass is 19.3. The minimum absolute atomic E-state index is 0.0453. The number of alkyl halides is 2. The number of rotatable bonds is 4. The summed E-state index contributed by atoms with van der Waals surface area (Å²) in [5.41, 5.74) is 7.31. The summed E-state index contributed by atoms with van der Waals surface area (Å²) >= 11 is 0. The fourth-order valence-electron chi connectivity index (χ4n) is 3.87. The van der Waals surface area contributed by atoms with Crippen LogP contribution < -0.4 is 10.6 Å². The fourth-order valence-corrected chi connectivity index (χ4v) is 3.87. The van der Waals surface area contributed by atoms with Crippen molar-refractivity contribution in [1.82, 2.24) is 19.7 Å². The molecule has 8 nitrogen and oxygen atoms in total. The lowest BCUT2D eigenvalue weighted by atomic mass is 9.92. The molecule has 0 bridgehead atoms. The van der Waals surface area contributed by atoms with Crippen LogP contribution >= 0.6 is 0 Å². The average Bonchev–Trinajstić information content (AvgIpc) is 3.04. The van der Waals surface area contributed by atoms with Crippen LogP contribution in [0.4, 0.5) is 30.9 Å². The molecule has 0 atom stereocenters. The molecular formula is C19H24F2N6O2. The number of halogens is 2. The number of nitrogens with zero attached hydrogens (tertiary/aromatic N) is 5. The summed E-state index contributed by atoms with van der Waals surface area (Å²) in [5, 5.41) is 4.81. The van der Waals surface area contributed by atoms with Crippen molar-refractivity contribution in [2.75, 3.05) is 31.3 Å². The Morgan fingerprint density at radius 1 is 1.41 bits per heavy atom. The Kier molecular flexibility index (Phi) is 5.01. The Labute approximate surface area is 167 Å². The average molecular weight is 406 g/mol. The molecule has 2 aromatic heterocycles. The van der Waals surface area contributed by atoms with Gasteiger partial charge in [0.1, 0.15) is 5.82 Å². The van der Waals surface area contributed by atoms with E-state index in [1.165, 1.54) is 19.4 Å². The number of carbonyl (C=O) groups excluding carboxylic acids is 1. The van der Waals surface area contributed by atoms with E-state index in [1.54, 1.807) is 16.8 Å². The molecule has 3 heterocycles. The summed E-state index contributed by atoms with van der Waals surface area (Å²) in [6.07, 6.45) is 2.10. The van der Waals surface area contributed by atoms with Crippen molar-refractivity contribution in [2.24, 2.45) is 0 Å². The van der Waals surface area contributed by atoms with Gasteiger partial charge < -0.3 is 20.3 Å². The van der Waals surface area contributed by atoms with Gasteiger partial charge in [0.15, 0.2) is 5.82 Å². The van der Waals surface area contributed by atoms with Gasteiger partial charge >= 0.3 is 6.09 Å². The van der Waals surface area contributed by atoms with E-state index in [0.717, 1.165) is 30.5 Å². The van der Waals surface area contributed by atoms with Crippen molar-refractivity contribution < 1.29 is 18.3 Å². The summed E-state index contributed by atoms with van der Waals surface area (Å²) in [4.78, 5) is 19.6. The van der Waals surface area contributed by atoms with E-state index in [0.29, 0.717) is 37.2 Å². The highest BCUT2D eigenvalue weighted by Gasteiger charge is 2.33. The molecule has 0 spiro atoms. The number of aromatic nitrogens is 3. The van der Waals surface area contributed by atoms with Gasteiger partial charge in [-0.25, -0.2) is 18.6 Å². The Morgan fingerprint density at radius 2 is 2.17 bits per heavy atom. The van der Waals surface area contributed by atoms with Gasteiger partial charge in [-0.2, -0.15) is 5.10 Å². The number of carbonyl (C=O) groups is 1. The predicted molar refractivity (Wildman–Crippen MR) is 103 cm³/mol. The number of hydrogen-bond donors (Lipinski definition) is 1. The molecule has 4 rings (SSSR count). The summed E-state index contributed by atoms with van der Waals surface area (Å²) < 4.78 is 33.5. The number of methoxy groups -OCH3 is 1. The van der Waals surface area contributed by atoms with Gasteiger partial charge in [-0.05, 0) is 25.3 Å². The van der Waals surface area contributed by atoms with Crippen molar-refractivity contribution in [1.29, 1.82) is 0 Å². The molecule has 0 unspecified atom stereocenters. The molecule has 0 saturated heterocycles. The molecule has 2 aliphatic rings. The largest absolute Gasteiger partial charge is 0.453 e. The summed E-state index contributed by atoms with van der Waals surface area (Å²) in [5.74, 6) is 0.934. The van der Waals surface area contributed by atoms with Crippen molar-refractivity contribution in [3.8, 4) is 0 Å². The second-order valence-electron chi connectivity index (χ2n) is 7.45. The van der Waals surface area contributed by atoms with Crippen LogP contribution in [-0.2, 0) is 17.7 Å². The Balaban J connectivity index is 1.74. The summed E-state index contributed by atoms with van der Waals surface area (Å²) in [6, 6.07) is 1.63. The third-order valence-corrected chi connectivity index (χ3v) is 5.77. The minimum atomic E-state index is -2.69. The lowest BCUT2D eigenvalue weighted by Crippen LogP contribution is -2.37. The quantitative estimate of drug-likeness (QED) is 0.837. The third kappa shape index (κ3) is 3.36. The van der Waals surface area contributed by atoms with Gasteiger partial charge in [-0.3, -0.25) is 4.68 Å². The van der Waals surface area contributed by atoms with Crippen LogP contribution in [0.2, 0.25) is 0 Å². The summed E-state index contributed by atoms with van der Waals surface area (Å²) in [7, 11) is 3.09. The van der Waals surface area contributed by atoms with Gasteiger partial charge in [0.25, 0.3) is 6.43 Å². The van der Waals surface area contributed by atoms with E-state index < -0.39 is 12.5 Å². The van der Waals surface area contributed by atoms with Crippen LogP contribution in [-0.4, -0.2) is 46.5 Å². The molecule has 0 radical (unpaired) electrons. The first-order chi connectivity index (χ1) is 13.9. The van der Waals surface area contributed by atoms with Crippen LogP contribution in [0, 0.1) is 0 Å². The van der Waals surface area contributed by atoms with E-state index in [1.807, 2.05) is 4.68 Å². The van der Waals surface area contributed by atoms with Gasteiger partial charge in [0.2, 0.25) is 0 Å². The first-order valence-corrected chi connectivity index (χ1v) is 9.61. The van der Waals surface area contributed by atoms with Crippen LogP contribution in [0.1, 0.15) is 48.6 Å². The molecule has 0 aromatic carbocycles. The number of nitrogen functional groups attached to an aromatic ring is 1. The number of anilines is 3. The molecule has 1 amide bonds. The number of nitrogens with two attached hydrogens (primary N) is 1. The van der Waals surface area contributed by atoms with E-state index in [9.17, 15) is 13.6 Å². The standard InChI is InChI=1S/C19H24F2N6O2/c1-25(16-8-12(17(20)21)14(22)9-23-16)18-13-10-26(19(28)29-2)7-6-15(13)27(24-18)11-4-3-5-11/h8-9,11,17H,3-7,10,22H2,1-2H3. The normalized spacial score (nSPS) is 16.5. The monoisotopic (exact) mass is 406 g/mol. The number of pyridine rings is 1. The van der Waals surface area contributed by atoms with Gasteiger partial charge in [-0.1, -0.05) is 0 Å². The first-order valence-electron chi connectivity index (χ1n) is 9.61. The molecule has 1 fully saturated rings. The highest BCUT2D eigenvalue weighted by Crippen LogP contribution is 2.39. The topological polar surface area (TPSA) is 89.5 Å². The van der Waals surface area contributed by atoms with Gasteiger partial charge in [-0.15, -0.1) is 0 Å². The number of ether oxygens (including phenoxy) is 1. The molecule has 1 aliphatic heterocycles. The lowest BCUT2D eigenvalue weighted by molar-refractivity contribution is 0.118. The maximum atomic E-state index is 13.3. The molecule has 2 N–H and O–H groups in total. The minimum Gasteiger partial charge on any atom is -0.453 e. The molecule has 1 saturated carbocycles. The van der Waals surface area contributed by atoms with E-state index >= 15 is 0 Å². The Bertz CT molecular complexity index is 928. The zero-order valence-corrected chi connectivity index (χ0v) is 16.4. The van der Waals surface area contributed by atoms with Crippen molar-refractivity contribution in [3.63, 3.8) is 0 Å². The molecule has 1 aliphatic carbocycles. The van der Waals surface area contributed by atoms with Crippen LogP contribution in [0.3, 0.4) is 0 Å². The maximum absolute atomic E-state index is 13.3. The summed E-state index contributed by atoms with van der Waals surface area (Å²) in [6.45, 7) is 0.905. The molecule has 29 heavy (non-hydrogen) atoms. The molecule has 156 valence electrons. The smallest absolute Gasteiger partial charge is 0.409 e. The van der Waals surface area contributed by atoms with Crippen molar-refractivity contribution in [3.05, 3.63) is 29.1 Å². The third-order valence-electron chi connectivity index (χ3n) is 5.77. The predicted octanol–water partition coefficient (Wildman–Crippen LogP) is 3.42. The molecular weight excluding hydrogens is 382 g/mol. The van der Waals surface area contributed by atoms with Crippen LogP contribution in [0.5, 0.6) is 0 Å². The van der Waals surface area contributed by atoms with E-state index in [2.05, 4.69) is 4.98 Å². The molecule has 10 heteroatoms. The van der Waals surface area contributed by atoms with Gasteiger partial charge in [0.05, 0.1) is 31.6 Å². The maximum Gasteiger partial charge on any atom is 0.409 e. The fraction of sp³-hybridized carbons (Fsp3) is 0.526. The Morgan fingerprint density at radius 3 is 2.79 bits per heavy atom. The highest BCUT2D eigenvalue weighted by molar-refractivity contribution is 5.70. The van der Waals surface area contributed by atoms with Crippen molar-refractivity contribution in [2.45, 2.75) is 44.7 Å². The SMILES string of the molecule is COC(=O)N1CCc2c(c(N(C)c3cc(C(F)F)c(N)cn3)nn2C2CCC2)C1.